The zero-order chi connectivity index (χ0) is 8.81. The molecule has 63 valence electrons. The second kappa shape index (κ2) is 4.86. The zero-order valence-electron chi connectivity index (χ0n) is 6.49. The lowest BCUT2D eigenvalue weighted by Crippen LogP contribution is -2.24. The topological polar surface area (TPSA) is 38.3 Å². The van der Waals surface area contributed by atoms with Crippen LogP contribution in [0.15, 0.2) is 24.3 Å². The molecular formula is C8H9NO2P. The van der Waals surface area contributed by atoms with Gasteiger partial charge in [-0.05, 0) is 6.07 Å². The van der Waals surface area contributed by atoms with Crippen molar-refractivity contribution in [3.63, 3.8) is 0 Å². The van der Waals surface area contributed by atoms with Gasteiger partial charge in [0, 0.05) is 12.1 Å². The molecule has 0 unspecified atom stereocenters. The summed E-state index contributed by atoms with van der Waals surface area (Å²) in [6, 6.07) is 8.08. The molecule has 0 bridgehead atoms. The minimum absolute atomic E-state index is 0.636. The Morgan fingerprint density at radius 1 is 1.33 bits per heavy atom. The van der Waals surface area contributed by atoms with Crippen molar-refractivity contribution in [2.24, 2.45) is 0 Å². The number of para-hydroxylation sites is 1. The minimum Gasteiger partial charge on any atom is -0.478 e. The Kier molecular flexibility index (Phi) is 3.71. The summed E-state index contributed by atoms with van der Waals surface area (Å²) >= 11 is 0. The van der Waals surface area contributed by atoms with Gasteiger partial charge in [-0.15, -0.1) is 0 Å². The van der Waals surface area contributed by atoms with E-state index in [1.807, 2.05) is 18.2 Å². The van der Waals surface area contributed by atoms with Crippen molar-refractivity contribution in [1.29, 1.82) is 0 Å². The summed E-state index contributed by atoms with van der Waals surface area (Å²) in [6.45, 7) is 1.56. The molecule has 0 spiro atoms. The smallest absolute Gasteiger partial charge is 0.261 e. The highest BCUT2D eigenvalue weighted by Crippen LogP contribution is 2.19. The van der Waals surface area contributed by atoms with Gasteiger partial charge in [-0.2, -0.15) is 0 Å². The predicted octanol–water partition coefficient (Wildman–Crippen LogP) is 1.87. The Morgan fingerprint density at radius 3 is 2.83 bits per heavy atom. The van der Waals surface area contributed by atoms with Crippen LogP contribution in [0.1, 0.15) is 5.56 Å². The molecule has 0 aromatic heterocycles. The van der Waals surface area contributed by atoms with E-state index in [1.165, 1.54) is 5.56 Å². The maximum atomic E-state index is 7.94. The van der Waals surface area contributed by atoms with E-state index in [0.717, 1.165) is 12.3 Å². The first-order chi connectivity index (χ1) is 5.97. The van der Waals surface area contributed by atoms with Crippen LogP contribution in [0, 0.1) is 0 Å². The largest absolute Gasteiger partial charge is 0.478 e. The lowest BCUT2D eigenvalue weighted by molar-refractivity contribution is 0.257. The van der Waals surface area contributed by atoms with Gasteiger partial charge in [-0.1, -0.05) is 18.2 Å². The van der Waals surface area contributed by atoms with Crippen LogP contribution in [0.4, 0.5) is 0 Å². The van der Waals surface area contributed by atoms with Crippen LogP contribution in [0.2, 0.25) is 0 Å². The third-order valence-corrected chi connectivity index (χ3v) is 1.62. The molecule has 0 atom stereocenters. The summed E-state index contributed by atoms with van der Waals surface area (Å²) < 4.78 is 13.3. The fourth-order valence-electron chi connectivity index (χ4n) is 1.11. The monoisotopic (exact) mass is 182 g/mol. The SMILES string of the molecule is O=[P].c1ccc2c(c1)CNCO2. The fourth-order valence-corrected chi connectivity index (χ4v) is 1.11. The molecule has 0 saturated heterocycles. The van der Waals surface area contributed by atoms with Gasteiger partial charge >= 0.3 is 0 Å². The Morgan fingerprint density at radius 2 is 2.08 bits per heavy atom. The van der Waals surface area contributed by atoms with Gasteiger partial charge < -0.3 is 4.74 Å². The second-order valence-corrected chi connectivity index (χ2v) is 2.32. The second-order valence-electron chi connectivity index (χ2n) is 2.32. The van der Waals surface area contributed by atoms with E-state index in [-0.39, 0.29) is 0 Å². The predicted molar refractivity (Wildman–Crippen MR) is 46.4 cm³/mol. The van der Waals surface area contributed by atoms with E-state index >= 15 is 0 Å². The van der Waals surface area contributed by atoms with Crippen molar-refractivity contribution in [2.75, 3.05) is 6.73 Å². The third-order valence-electron chi connectivity index (χ3n) is 1.62. The Labute approximate surface area is 73.4 Å². The first-order valence-electron chi connectivity index (χ1n) is 3.56. The van der Waals surface area contributed by atoms with Gasteiger partial charge in [0.1, 0.15) is 12.5 Å². The molecule has 1 aromatic carbocycles. The van der Waals surface area contributed by atoms with Crippen LogP contribution in [0.25, 0.3) is 0 Å². The first-order valence-corrected chi connectivity index (χ1v) is 3.93. The number of hydrogen-bond acceptors (Lipinski definition) is 3. The molecule has 1 aliphatic rings. The van der Waals surface area contributed by atoms with Crippen molar-refractivity contribution in [3.8, 4) is 5.75 Å². The minimum atomic E-state index is 0.636. The van der Waals surface area contributed by atoms with Gasteiger partial charge in [0.25, 0.3) is 9.12 Å². The average molecular weight is 182 g/mol. The summed E-state index contributed by atoms with van der Waals surface area (Å²) in [6.07, 6.45) is 0. The van der Waals surface area contributed by atoms with E-state index in [9.17, 15) is 0 Å². The van der Waals surface area contributed by atoms with E-state index in [0.29, 0.717) is 6.73 Å². The lowest BCUT2D eigenvalue weighted by Gasteiger charge is -2.17. The van der Waals surface area contributed by atoms with Crippen LogP contribution < -0.4 is 10.1 Å². The van der Waals surface area contributed by atoms with E-state index < -0.39 is 0 Å². The quantitative estimate of drug-likeness (QED) is 0.622. The van der Waals surface area contributed by atoms with Crippen LogP contribution in [0.3, 0.4) is 0 Å². The molecule has 0 saturated carbocycles. The number of hydrogen-bond donors (Lipinski definition) is 1. The molecule has 2 rings (SSSR count). The Balaban J connectivity index is 0.000000336. The maximum absolute atomic E-state index is 7.94. The molecule has 0 amide bonds. The highest BCUT2D eigenvalue weighted by Gasteiger charge is 2.05. The maximum Gasteiger partial charge on any atom is 0.261 e. The molecule has 4 heteroatoms. The van der Waals surface area contributed by atoms with Gasteiger partial charge in [0.15, 0.2) is 0 Å². The van der Waals surface area contributed by atoms with Gasteiger partial charge in [0.05, 0.1) is 0 Å². The normalized spacial score (nSPS) is 13.3. The highest BCUT2D eigenvalue weighted by molar-refractivity contribution is 7.00. The van der Waals surface area contributed by atoms with Crippen molar-refractivity contribution >= 4 is 9.12 Å². The number of fused-ring (bicyclic) bond motifs is 1. The molecule has 1 aromatic rings. The van der Waals surface area contributed by atoms with Crippen molar-refractivity contribution < 1.29 is 9.30 Å². The van der Waals surface area contributed by atoms with Crippen LogP contribution in [-0.2, 0) is 11.1 Å². The Bertz CT molecular complexity index is 230. The molecule has 0 aliphatic carbocycles. The van der Waals surface area contributed by atoms with Crippen molar-refractivity contribution in [2.45, 2.75) is 6.54 Å². The van der Waals surface area contributed by atoms with Crippen molar-refractivity contribution in [3.05, 3.63) is 29.8 Å². The zero-order valence-corrected chi connectivity index (χ0v) is 7.38. The first kappa shape index (κ1) is 9.17. The highest BCUT2D eigenvalue weighted by atomic mass is 31.0. The van der Waals surface area contributed by atoms with Crippen LogP contribution >= 0.6 is 9.12 Å². The number of benzene rings is 1. The fraction of sp³-hybridized carbons (Fsp3) is 0.250. The number of nitrogens with one attached hydrogen (secondary N) is 1. The van der Waals surface area contributed by atoms with E-state index in [2.05, 4.69) is 20.5 Å². The van der Waals surface area contributed by atoms with Crippen LogP contribution in [-0.4, -0.2) is 6.73 Å². The van der Waals surface area contributed by atoms with Crippen LogP contribution in [0.5, 0.6) is 5.75 Å². The molecule has 1 heterocycles. The van der Waals surface area contributed by atoms with Gasteiger partial charge in [0.2, 0.25) is 0 Å². The van der Waals surface area contributed by atoms with Gasteiger partial charge in [-0.25, -0.2) is 0 Å². The van der Waals surface area contributed by atoms with Gasteiger partial charge in [-0.3, -0.25) is 9.88 Å². The average Bonchev–Trinajstić information content (AvgIpc) is 2.21. The molecule has 1 N–H and O–H groups in total. The molecule has 3 nitrogen and oxygen atoms in total. The third kappa shape index (κ3) is 2.03. The molecule has 1 aliphatic heterocycles. The summed E-state index contributed by atoms with van der Waals surface area (Å²) in [4.78, 5) is 0. The summed E-state index contributed by atoms with van der Waals surface area (Å²) in [5.74, 6) is 1.02. The van der Waals surface area contributed by atoms with Crippen molar-refractivity contribution in [1.82, 2.24) is 5.32 Å². The number of ether oxygens (including phenoxy) is 1. The van der Waals surface area contributed by atoms with E-state index in [1.54, 1.807) is 0 Å². The molecule has 0 fully saturated rings. The molecular weight excluding hydrogens is 173 g/mol. The summed E-state index contributed by atoms with van der Waals surface area (Å²) in [7, 11) is 2.28. The summed E-state index contributed by atoms with van der Waals surface area (Å²) in [5.41, 5.74) is 1.24. The Hall–Kier alpha value is -0.920. The van der Waals surface area contributed by atoms with E-state index in [4.69, 9.17) is 9.30 Å². The molecule has 1 radical (unpaired) electrons. The number of rotatable bonds is 0. The lowest BCUT2D eigenvalue weighted by atomic mass is 10.2. The molecule has 12 heavy (non-hydrogen) atoms. The standard InChI is InChI=1S/C8H9NO.OP/c1-2-4-8-7(3-1)5-9-6-10-8;1-2/h1-4,9H,5-6H2;. The summed E-state index contributed by atoms with van der Waals surface area (Å²) in [5, 5.41) is 3.12.